The first-order valence-electron chi connectivity index (χ1n) is 9.83. The maximum Gasteiger partial charge on any atom is 0.397 e. The van der Waals surface area contributed by atoms with E-state index in [2.05, 4.69) is 28.3 Å². The van der Waals surface area contributed by atoms with Crippen molar-refractivity contribution in [2.45, 2.75) is 38.3 Å². The molecule has 1 saturated heterocycles. The van der Waals surface area contributed by atoms with Crippen LogP contribution in [-0.2, 0) is 4.79 Å². The smallest absolute Gasteiger partial charge is 0.397 e. The third-order valence-electron chi connectivity index (χ3n) is 5.21. The number of benzene rings is 1. The number of anilines is 2. The molecule has 1 amide bonds. The Hall–Kier alpha value is -2.68. The molecule has 0 saturated carbocycles. The summed E-state index contributed by atoms with van der Waals surface area (Å²) in [6, 6.07) is 7.92. The summed E-state index contributed by atoms with van der Waals surface area (Å²) in [5, 5.41) is 0.237. The molecule has 3 rings (SSSR count). The lowest BCUT2D eigenvalue weighted by Gasteiger charge is -2.35. The van der Waals surface area contributed by atoms with Crippen molar-refractivity contribution >= 4 is 29.0 Å². The van der Waals surface area contributed by atoms with Crippen LogP contribution in [0.4, 0.5) is 24.7 Å². The molecule has 1 aliphatic heterocycles. The molecular weight excluding hydrogens is 433 g/mol. The molecule has 0 bridgehead atoms. The Morgan fingerprint density at radius 1 is 1.29 bits per heavy atom. The molecule has 1 aliphatic rings. The number of halogens is 4. The van der Waals surface area contributed by atoms with Gasteiger partial charge in [0.05, 0.1) is 12.8 Å². The number of nitrogens with zero attached hydrogens (tertiary/aromatic N) is 2. The number of aryl methyl sites for hydroxylation is 1. The Balaban J connectivity index is 1.65. The van der Waals surface area contributed by atoms with E-state index >= 15 is 0 Å². The average Bonchev–Trinajstić information content (AvgIpc) is 2.72. The highest BCUT2D eigenvalue weighted by Gasteiger charge is 2.31. The summed E-state index contributed by atoms with van der Waals surface area (Å²) >= 11 is 6.42. The Labute approximate surface area is 183 Å². The minimum absolute atomic E-state index is 0.0946. The number of pyridine rings is 1. The van der Waals surface area contributed by atoms with Gasteiger partial charge in [-0.05, 0) is 43.4 Å². The van der Waals surface area contributed by atoms with Crippen molar-refractivity contribution in [3.05, 3.63) is 46.6 Å². The molecule has 0 spiro atoms. The lowest BCUT2D eigenvalue weighted by Crippen LogP contribution is -2.35. The molecule has 1 aromatic carbocycles. The van der Waals surface area contributed by atoms with E-state index in [4.69, 9.17) is 16.3 Å². The van der Waals surface area contributed by atoms with Gasteiger partial charge in [0, 0.05) is 19.3 Å². The van der Waals surface area contributed by atoms with E-state index in [0.29, 0.717) is 11.6 Å². The molecule has 1 fully saturated rings. The number of rotatable bonds is 6. The molecule has 2 N–H and O–H groups in total. The molecule has 10 heteroatoms. The number of aromatic nitrogens is 1. The van der Waals surface area contributed by atoms with Gasteiger partial charge in [0.15, 0.2) is 5.82 Å². The standard InChI is InChI=1S/C21H24ClF3N4O2/c1-13-3-4-17(31-2)15(11-13)14-6-9-29(10-7-14)16-5-8-26-20(19(16)22)28-27-18(30)12-21(23,24)25/h3-5,8,11,14H,6-7,9-10,12H2,1-2H3,(H,26,28)(H,27,30). The first-order valence-corrected chi connectivity index (χ1v) is 10.2. The molecule has 0 radical (unpaired) electrons. The highest BCUT2D eigenvalue weighted by molar-refractivity contribution is 6.35. The molecule has 31 heavy (non-hydrogen) atoms. The Morgan fingerprint density at radius 3 is 2.65 bits per heavy atom. The summed E-state index contributed by atoms with van der Waals surface area (Å²) in [6.07, 6.45) is -2.90. The number of hydrazine groups is 1. The number of alkyl halides is 3. The van der Waals surface area contributed by atoms with Crippen LogP contribution in [0.1, 0.15) is 36.3 Å². The Morgan fingerprint density at radius 2 is 2.00 bits per heavy atom. The van der Waals surface area contributed by atoms with Crippen LogP contribution in [0.15, 0.2) is 30.5 Å². The minimum atomic E-state index is -4.59. The summed E-state index contributed by atoms with van der Waals surface area (Å²) in [5.74, 6) is 0.110. The molecule has 2 heterocycles. The topological polar surface area (TPSA) is 66.5 Å². The van der Waals surface area contributed by atoms with Crippen LogP contribution in [0.25, 0.3) is 0 Å². The van der Waals surface area contributed by atoms with E-state index < -0.39 is 18.5 Å². The summed E-state index contributed by atoms with van der Waals surface area (Å²) in [7, 11) is 1.67. The van der Waals surface area contributed by atoms with E-state index in [9.17, 15) is 18.0 Å². The van der Waals surface area contributed by atoms with Gasteiger partial charge in [0.2, 0.25) is 5.91 Å². The number of carbonyl (C=O) groups excluding carboxylic acids is 1. The van der Waals surface area contributed by atoms with Crippen LogP contribution in [-0.4, -0.2) is 37.3 Å². The quantitative estimate of drug-likeness (QED) is 0.609. The van der Waals surface area contributed by atoms with Crippen molar-refractivity contribution in [3.8, 4) is 5.75 Å². The second-order valence-electron chi connectivity index (χ2n) is 7.46. The molecule has 6 nitrogen and oxygen atoms in total. The van der Waals surface area contributed by atoms with Gasteiger partial charge in [0.1, 0.15) is 17.2 Å². The third-order valence-corrected chi connectivity index (χ3v) is 5.58. The van der Waals surface area contributed by atoms with E-state index in [-0.39, 0.29) is 10.8 Å². The summed E-state index contributed by atoms with van der Waals surface area (Å²) in [4.78, 5) is 17.5. The summed E-state index contributed by atoms with van der Waals surface area (Å²) in [6.45, 7) is 3.54. The fourth-order valence-electron chi connectivity index (χ4n) is 3.72. The minimum Gasteiger partial charge on any atom is -0.496 e. The highest BCUT2D eigenvalue weighted by atomic mass is 35.5. The number of hydrogen-bond acceptors (Lipinski definition) is 5. The van der Waals surface area contributed by atoms with Gasteiger partial charge in [-0.1, -0.05) is 29.3 Å². The highest BCUT2D eigenvalue weighted by Crippen LogP contribution is 2.38. The van der Waals surface area contributed by atoms with Crippen molar-refractivity contribution in [1.29, 1.82) is 0 Å². The van der Waals surface area contributed by atoms with Gasteiger partial charge in [-0.3, -0.25) is 15.6 Å². The van der Waals surface area contributed by atoms with Crippen LogP contribution < -0.4 is 20.5 Å². The van der Waals surface area contributed by atoms with Crippen LogP contribution >= 0.6 is 11.6 Å². The zero-order valence-corrected chi connectivity index (χ0v) is 18.0. The lowest BCUT2D eigenvalue weighted by atomic mass is 9.88. The van der Waals surface area contributed by atoms with Gasteiger partial charge in [-0.2, -0.15) is 13.2 Å². The van der Waals surface area contributed by atoms with Gasteiger partial charge in [-0.25, -0.2) is 4.98 Å². The number of nitrogens with one attached hydrogen (secondary N) is 2. The Bertz CT molecular complexity index is 931. The number of ether oxygens (including phenoxy) is 1. The predicted octanol–water partition coefficient (Wildman–Crippen LogP) is 4.83. The SMILES string of the molecule is COc1ccc(C)cc1C1CCN(c2ccnc(NNC(=O)CC(F)(F)F)c2Cl)CC1. The van der Waals surface area contributed by atoms with Crippen molar-refractivity contribution in [2.75, 3.05) is 30.5 Å². The van der Waals surface area contributed by atoms with Crippen molar-refractivity contribution in [2.24, 2.45) is 0 Å². The normalized spacial score (nSPS) is 15.0. The van der Waals surface area contributed by atoms with Crippen LogP contribution in [0.2, 0.25) is 5.02 Å². The summed E-state index contributed by atoms with van der Waals surface area (Å²) in [5.41, 5.74) is 7.45. The molecular formula is C21H24ClF3N4O2. The van der Waals surface area contributed by atoms with E-state index in [1.165, 1.54) is 17.3 Å². The van der Waals surface area contributed by atoms with Crippen molar-refractivity contribution < 1.29 is 22.7 Å². The van der Waals surface area contributed by atoms with Crippen LogP contribution in [0.3, 0.4) is 0 Å². The van der Waals surface area contributed by atoms with Gasteiger partial charge < -0.3 is 9.64 Å². The number of piperidine rings is 1. The molecule has 168 valence electrons. The van der Waals surface area contributed by atoms with E-state index in [0.717, 1.165) is 31.7 Å². The molecule has 0 aliphatic carbocycles. The zero-order chi connectivity index (χ0) is 22.6. The van der Waals surface area contributed by atoms with Gasteiger partial charge in [-0.15, -0.1) is 0 Å². The number of methoxy groups -OCH3 is 1. The molecule has 1 aromatic heterocycles. The number of carbonyl (C=O) groups is 1. The average molecular weight is 457 g/mol. The van der Waals surface area contributed by atoms with Crippen LogP contribution in [0, 0.1) is 6.92 Å². The third kappa shape index (κ3) is 5.94. The maximum atomic E-state index is 12.3. The first kappa shape index (κ1) is 23.0. The Kier molecular flexibility index (Phi) is 7.15. The monoisotopic (exact) mass is 456 g/mol. The maximum absolute atomic E-state index is 12.3. The molecule has 2 aromatic rings. The first-order chi connectivity index (χ1) is 14.7. The fourth-order valence-corrected chi connectivity index (χ4v) is 4.00. The van der Waals surface area contributed by atoms with E-state index in [1.807, 2.05) is 17.6 Å². The van der Waals surface area contributed by atoms with E-state index in [1.54, 1.807) is 13.2 Å². The van der Waals surface area contributed by atoms with Crippen LogP contribution in [0.5, 0.6) is 5.75 Å². The number of amides is 1. The molecule has 0 unspecified atom stereocenters. The predicted molar refractivity (Wildman–Crippen MR) is 114 cm³/mol. The number of hydrogen-bond donors (Lipinski definition) is 2. The van der Waals surface area contributed by atoms with Gasteiger partial charge >= 0.3 is 6.18 Å². The van der Waals surface area contributed by atoms with Crippen molar-refractivity contribution in [3.63, 3.8) is 0 Å². The molecule has 0 atom stereocenters. The van der Waals surface area contributed by atoms with Gasteiger partial charge in [0.25, 0.3) is 0 Å². The second kappa shape index (κ2) is 9.64. The zero-order valence-electron chi connectivity index (χ0n) is 17.2. The summed E-state index contributed by atoms with van der Waals surface area (Å²) < 4.78 is 42.4. The lowest BCUT2D eigenvalue weighted by molar-refractivity contribution is -0.153. The second-order valence-corrected chi connectivity index (χ2v) is 7.84. The van der Waals surface area contributed by atoms with Crippen molar-refractivity contribution in [1.82, 2.24) is 10.4 Å². The fraction of sp³-hybridized carbons (Fsp3) is 0.429. The largest absolute Gasteiger partial charge is 0.496 e.